The van der Waals surface area contributed by atoms with E-state index in [2.05, 4.69) is 37.6 Å². The molecule has 0 bridgehead atoms. The summed E-state index contributed by atoms with van der Waals surface area (Å²) in [5, 5.41) is 15.7. The maximum absolute atomic E-state index is 5.38. The van der Waals surface area contributed by atoms with Crippen LogP contribution in [-0.2, 0) is 11.3 Å². The molecule has 1 saturated carbocycles. The third-order valence-electron chi connectivity index (χ3n) is 5.61. The Kier molecular flexibility index (Phi) is 5.82. The molecule has 0 aromatic carbocycles. The first-order valence-electron chi connectivity index (χ1n) is 9.87. The van der Waals surface area contributed by atoms with E-state index < -0.39 is 0 Å². The van der Waals surface area contributed by atoms with E-state index in [1.54, 1.807) is 18.4 Å². The average Bonchev–Trinajstić information content (AvgIpc) is 3.30. The highest BCUT2D eigenvalue weighted by molar-refractivity contribution is 7.09. The van der Waals surface area contributed by atoms with Gasteiger partial charge in [-0.05, 0) is 50.1 Å². The van der Waals surface area contributed by atoms with Crippen molar-refractivity contribution in [1.29, 1.82) is 0 Å². The van der Waals surface area contributed by atoms with E-state index in [0.29, 0.717) is 6.04 Å². The van der Waals surface area contributed by atoms with Crippen molar-refractivity contribution in [2.45, 2.75) is 57.8 Å². The van der Waals surface area contributed by atoms with Crippen LogP contribution >= 0.6 is 11.3 Å². The molecule has 2 aromatic rings. The zero-order valence-corrected chi connectivity index (χ0v) is 17.2. The van der Waals surface area contributed by atoms with Crippen LogP contribution in [0.4, 0.5) is 0 Å². The molecule has 2 unspecified atom stereocenters. The summed E-state index contributed by atoms with van der Waals surface area (Å²) in [6, 6.07) is 0.781. The molecule has 8 nitrogen and oxygen atoms in total. The van der Waals surface area contributed by atoms with Gasteiger partial charge in [-0.1, -0.05) is 0 Å². The standard InChI is InChI=1S/C18H29N7OS/c1-13(17-20-21-22-25(17)16-5-6-16)24-8-4-7-23(9-10-24)11-15-12-27-18(19-15)14(2)26-3/h12-14,16H,4-11H2,1-3H3. The van der Waals surface area contributed by atoms with E-state index in [1.165, 1.54) is 12.8 Å². The third-order valence-corrected chi connectivity index (χ3v) is 6.67. The number of hydrogen-bond donors (Lipinski definition) is 0. The molecule has 2 fully saturated rings. The van der Waals surface area contributed by atoms with Crippen LogP contribution in [0.3, 0.4) is 0 Å². The van der Waals surface area contributed by atoms with E-state index in [9.17, 15) is 0 Å². The van der Waals surface area contributed by atoms with Crippen LogP contribution in [0.1, 0.15) is 67.8 Å². The Morgan fingerprint density at radius 3 is 2.85 bits per heavy atom. The number of methoxy groups -OCH3 is 1. The summed E-state index contributed by atoms with van der Waals surface area (Å²) in [4.78, 5) is 9.77. The zero-order valence-electron chi connectivity index (χ0n) is 16.4. The molecular formula is C18H29N7OS. The van der Waals surface area contributed by atoms with Gasteiger partial charge in [0.2, 0.25) is 0 Å². The molecule has 3 heterocycles. The second kappa shape index (κ2) is 8.30. The quantitative estimate of drug-likeness (QED) is 0.718. The highest BCUT2D eigenvalue weighted by Crippen LogP contribution is 2.36. The fourth-order valence-electron chi connectivity index (χ4n) is 3.67. The largest absolute Gasteiger partial charge is 0.375 e. The average molecular weight is 392 g/mol. The monoisotopic (exact) mass is 391 g/mol. The van der Waals surface area contributed by atoms with E-state index in [0.717, 1.165) is 55.7 Å². The van der Waals surface area contributed by atoms with Gasteiger partial charge in [-0.15, -0.1) is 16.4 Å². The molecule has 0 amide bonds. The zero-order chi connectivity index (χ0) is 18.8. The lowest BCUT2D eigenvalue weighted by molar-refractivity contribution is 0.119. The first-order chi connectivity index (χ1) is 13.2. The van der Waals surface area contributed by atoms with Crippen LogP contribution < -0.4 is 0 Å². The van der Waals surface area contributed by atoms with Crippen molar-refractivity contribution >= 4 is 11.3 Å². The smallest absolute Gasteiger partial charge is 0.168 e. The van der Waals surface area contributed by atoms with Gasteiger partial charge in [0.05, 0.1) is 17.8 Å². The van der Waals surface area contributed by atoms with Gasteiger partial charge in [0.15, 0.2) is 5.82 Å². The third kappa shape index (κ3) is 4.37. The van der Waals surface area contributed by atoms with Gasteiger partial charge in [-0.3, -0.25) is 9.80 Å². The molecule has 2 aliphatic rings. The molecule has 27 heavy (non-hydrogen) atoms. The molecule has 1 saturated heterocycles. The first kappa shape index (κ1) is 18.9. The van der Waals surface area contributed by atoms with E-state index in [1.807, 2.05) is 11.6 Å². The fraction of sp³-hybridized carbons (Fsp3) is 0.778. The van der Waals surface area contributed by atoms with Crippen molar-refractivity contribution in [3.63, 3.8) is 0 Å². The van der Waals surface area contributed by atoms with Crippen LogP contribution in [0.2, 0.25) is 0 Å². The van der Waals surface area contributed by atoms with Gasteiger partial charge < -0.3 is 4.74 Å². The summed E-state index contributed by atoms with van der Waals surface area (Å²) >= 11 is 1.69. The fourth-order valence-corrected chi connectivity index (χ4v) is 4.51. The second-order valence-electron chi connectivity index (χ2n) is 7.61. The number of hydrogen-bond acceptors (Lipinski definition) is 8. The minimum atomic E-state index is 0.0710. The highest BCUT2D eigenvalue weighted by atomic mass is 32.1. The Balaban J connectivity index is 1.34. The van der Waals surface area contributed by atoms with Crippen LogP contribution in [0.15, 0.2) is 5.38 Å². The Morgan fingerprint density at radius 1 is 1.22 bits per heavy atom. The molecule has 9 heteroatoms. The Bertz CT molecular complexity index is 744. The number of tetrazole rings is 1. The van der Waals surface area contributed by atoms with Crippen molar-refractivity contribution < 1.29 is 4.74 Å². The number of nitrogens with zero attached hydrogens (tertiary/aromatic N) is 7. The molecule has 0 radical (unpaired) electrons. The molecule has 2 atom stereocenters. The van der Waals surface area contributed by atoms with Crippen molar-refractivity contribution in [2.75, 3.05) is 33.3 Å². The van der Waals surface area contributed by atoms with E-state index in [-0.39, 0.29) is 12.1 Å². The lowest BCUT2D eigenvalue weighted by atomic mass is 10.2. The molecule has 0 spiro atoms. The maximum atomic E-state index is 5.38. The highest BCUT2D eigenvalue weighted by Gasteiger charge is 2.31. The van der Waals surface area contributed by atoms with Crippen LogP contribution in [0, 0.1) is 0 Å². The van der Waals surface area contributed by atoms with Crippen molar-refractivity contribution in [1.82, 2.24) is 35.0 Å². The summed E-state index contributed by atoms with van der Waals surface area (Å²) in [5.74, 6) is 1.02. The Hall–Kier alpha value is -1.42. The van der Waals surface area contributed by atoms with E-state index in [4.69, 9.17) is 9.72 Å². The predicted octanol–water partition coefficient (Wildman–Crippen LogP) is 2.44. The van der Waals surface area contributed by atoms with Gasteiger partial charge in [0.25, 0.3) is 0 Å². The lowest BCUT2D eigenvalue weighted by Gasteiger charge is -2.26. The molecule has 1 aliphatic heterocycles. The molecule has 1 aliphatic carbocycles. The number of ether oxygens (including phenoxy) is 1. The number of aromatic nitrogens is 5. The summed E-state index contributed by atoms with van der Waals surface area (Å²) in [6.45, 7) is 9.45. The summed E-state index contributed by atoms with van der Waals surface area (Å²) in [7, 11) is 1.73. The van der Waals surface area contributed by atoms with Crippen LogP contribution in [0.25, 0.3) is 0 Å². The minimum absolute atomic E-state index is 0.0710. The van der Waals surface area contributed by atoms with Crippen LogP contribution in [-0.4, -0.2) is 68.3 Å². The molecule has 148 valence electrons. The topological polar surface area (TPSA) is 72.2 Å². The van der Waals surface area contributed by atoms with Gasteiger partial charge in [-0.25, -0.2) is 9.67 Å². The Labute approximate surface area is 164 Å². The van der Waals surface area contributed by atoms with Crippen molar-refractivity contribution in [3.8, 4) is 0 Å². The normalized spacial score (nSPS) is 21.9. The minimum Gasteiger partial charge on any atom is -0.375 e. The van der Waals surface area contributed by atoms with Gasteiger partial charge >= 0.3 is 0 Å². The van der Waals surface area contributed by atoms with Gasteiger partial charge in [0, 0.05) is 38.7 Å². The SMILES string of the molecule is COC(C)c1nc(CN2CCCN(C(C)c3nnnn3C3CC3)CC2)cs1. The molecule has 4 rings (SSSR count). The maximum Gasteiger partial charge on any atom is 0.168 e. The second-order valence-corrected chi connectivity index (χ2v) is 8.50. The molecule has 0 N–H and O–H groups in total. The Morgan fingerprint density at radius 2 is 2.07 bits per heavy atom. The summed E-state index contributed by atoms with van der Waals surface area (Å²) in [6.07, 6.45) is 3.63. The van der Waals surface area contributed by atoms with Crippen molar-refractivity contribution in [2.24, 2.45) is 0 Å². The van der Waals surface area contributed by atoms with Crippen LogP contribution in [0.5, 0.6) is 0 Å². The number of rotatable bonds is 7. The molecule has 2 aromatic heterocycles. The van der Waals surface area contributed by atoms with E-state index >= 15 is 0 Å². The first-order valence-corrected chi connectivity index (χ1v) is 10.7. The summed E-state index contributed by atoms with van der Waals surface area (Å²) in [5.41, 5.74) is 1.15. The number of thiazole rings is 1. The lowest BCUT2D eigenvalue weighted by Crippen LogP contribution is -2.33. The van der Waals surface area contributed by atoms with Crippen molar-refractivity contribution in [3.05, 3.63) is 21.9 Å². The van der Waals surface area contributed by atoms with Gasteiger partial charge in [-0.2, -0.15) is 0 Å². The predicted molar refractivity (Wildman–Crippen MR) is 104 cm³/mol. The van der Waals surface area contributed by atoms with Gasteiger partial charge in [0.1, 0.15) is 11.1 Å². The summed E-state index contributed by atoms with van der Waals surface area (Å²) < 4.78 is 7.42. The molecular weight excluding hydrogens is 362 g/mol.